The Morgan fingerprint density at radius 1 is 1.55 bits per heavy atom. The van der Waals surface area contributed by atoms with Crippen LogP contribution >= 0.6 is 0 Å². The van der Waals surface area contributed by atoms with Crippen LogP contribution < -0.4 is 5.32 Å². The fraction of sp³-hybridized carbons (Fsp3) is 0.688. The quantitative estimate of drug-likeness (QED) is 0.887. The predicted octanol–water partition coefficient (Wildman–Crippen LogP) is 2.27. The van der Waals surface area contributed by atoms with Crippen molar-refractivity contribution < 1.29 is 9.90 Å². The number of aliphatic hydroxyl groups excluding tert-OH is 1. The van der Waals surface area contributed by atoms with Gasteiger partial charge in [0.15, 0.2) is 0 Å². The molecule has 1 aliphatic carbocycles. The van der Waals surface area contributed by atoms with E-state index < -0.39 is 6.10 Å². The Labute approximate surface area is 121 Å². The first kappa shape index (κ1) is 15.1. The van der Waals surface area contributed by atoms with E-state index in [1.165, 1.54) is 0 Å². The van der Waals surface area contributed by atoms with Crippen LogP contribution in [0.2, 0.25) is 0 Å². The molecule has 0 spiro atoms. The third-order valence-corrected chi connectivity index (χ3v) is 3.89. The van der Waals surface area contributed by atoms with Crippen LogP contribution in [-0.4, -0.2) is 22.1 Å². The van der Waals surface area contributed by atoms with Crippen LogP contribution in [0, 0.1) is 11.3 Å². The molecule has 112 valence electrons. The number of hydrogen-bond donors (Lipinski definition) is 2. The van der Waals surface area contributed by atoms with Gasteiger partial charge in [0.25, 0.3) is 0 Å². The van der Waals surface area contributed by atoms with Crippen LogP contribution in [0.4, 0.5) is 0 Å². The molecule has 4 heteroatoms. The highest BCUT2D eigenvalue weighted by atomic mass is 16.3. The summed E-state index contributed by atoms with van der Waals surface area (Å²) >= 11 is 0. The molecule has 0 saturated heterocycles. The van der Waals surface area contributed by atoms with Gasteiger partial charge in [0.05, 0.1) is 6.10 Å². The second-order valence-electron chi connectivity index (χ2n) is 7.10. The number of aliphatic hydroxyl groups is 1. The molecule has 2 N–H and O–H groups in total. The molecular weight excluding hydrogens is 252 g/mol. The molecule has 0 bridgehead atoms. The smallest absolute Gasteiger partial charge is 0.239 e. The summed E-state index contributed by atoms with van der Waals surface area (Å²) in [5.41, 5.74) is 2.17. The van der Waals surface area contributed by atoms with Gasteiger partial charge in [0.2, 0.25) is 5.91 Å². The van der Waals surface area contributed by atoms with Gasteiger partial charge >= 0.3 is 0 Å². The zero-order valence-electron chi connectivity index (χ0n) is 12.9. The third-order valence-electron chi connectivity index (χ3n) is 3.89. The average molecular weight is 278 g/mol. The second kappa shape index (κ2) is 5.60. The molecule has 4 nitrogen and oxygen atoms in total. The van der Waals surface area contributed by atoms with Crippen LogP contribution in [0.5, 0.6) is 0 Å². The summed E-state index contributed by atoms with van der Waals surface area (Å²) in [6.07, 6.45) is 3.20. The van der Waals surface area contributed by atoms with Crippen LogP contribution in [0.15, 0.2) is 12.3 Å². The molecule has 1 aliphatic rings. The zero-order valence-corrected chi connectivity index (χ0v) is 12.9. The lowest BCUT2D eigenvalue weighted by Crippen LogP contribution is -2.32. The van der Waals surface area contributed by atoms with E-state index in [9.17, 15) is 9.90 Å². The van der Waals surface area contributed by atoms with Crippen molar-refractivity contribution in [3.05, 3.63) is 23.5 Å². The van der Waals surface area contributed by atoms with Gasteiger partial charge in [-0.25, -0.2) is 0 Å². The fourth-order valence-electron chi connectivity index (χ4n) is 2.86. The maximum Gasteiger partial charge on any atom is 0.239 e. The van der Waals surface area contributed by atoms with Gasteiger partial charge in [0.1, 0.15) is 6.54 Å². The normalized spacial score (nSPS) is 20.8. The lowest BCUT2D eigenvalue weighted by molar-refractivity contribution is -0.121. The van der Waals surface area contributed by atoms with Gasteiger partial charge in [-0.3, -0.25) is 4.79 Å². The van der Waals surface area contributed by atoms with Crippen LogP contribution in [-0.2, 0) is 17.8 Å². The SMILES string of the molecule is CC(C)CNC(=O)Cn1ccc2c1CC(C)(C)CC2O. The second-order valence-corrected chi connectivity index (χ2v) is 7.10. The molecule has 20 heavy (non-hydrogen) atoms. The molecule has 2 rings (SSSR count). The summed E-state index contributed by atoms with van der Waals surface area (Å²) in [7, 11) is 0. The largest absolute Gasteiger partial charge is 0.388 e. The number of carbonyl (C=O) groups is 1. The minimum atomic E-state index is -0.409. The van der Waals surface area contributed by atoms with Gasteiger partial charge < -0.3 is 15.0 Å². The number of fused-ring (bicyclic) bond motifs is 1. The van der Waals surface area contributed by atoms with E-state index in [2.05, 4.69) is 33.0 Å². The maximum absolute atomic E-state index is 11.9. The molecule has 1 aromatic heterocycles. The highest BCUT2D eigenvalue weighted by molar-refractivity contribution is 5.75. The first-order chi connectivity index (χ1) is 9.28. The standard InChI is InChI=1S/C16H26N2O2/c1-11(2)9-17-15(20)10-18-6-5-12-13(18)7-16(3,4)8-14(12)19/h5-6,11,14,19H,7-10H2,1-4H3,(H,17,20). The molecule has 0 aliphatic heterocycles. The highest BCUT2D eigenvalue weighted by Crippen LogP contribution is 2.40. The Kier molecular flexibility index (Phi) is 4.23. The molecule has 0 saturated carbocycles. The number of rotatable bonds is 4. The summed E-state index contributed by atoms with van der Waals surface area (Å²) in [6, 6.07) is 1.95. The summed E-state index contributed by atoms with van der Waals surface area (Å²) in [4.78, 5) is 11.9. The van der Waals surface area contributed by atoms with Crippen molar-refractivity contribution in [2.24, 2.45) is 11.3 Å². The Balaban J connectivity index is 2.09. The van der Waals surface area contributed by atoms with Gasteiger partial charge in [-0.15, -0.1) is 0 Å². The molecular formula is C16H26N2O2. The fourth-order valence-corrected chi connectivity index (χ4v) is 2.86. The van der Waals surface area contributed by atoms with Crippen molar-refractivity contribution in [3.63, 3.8) is 0 Å². The maximum atomic E-state index is 11.9. The van der Waals surface area contributed by atoms with Crippen molar-refractivity contribution in [2.45, 2.75) is 53.2 Å². The van der Waals surface area contributed by atoms with Gasteiger partial charge in [-0.05, 0) is 30.2 Å². The van der Waals surface area contributed by atoms with E-state index in [4.69, 9.17) is 0 Å². The van der Waals surface area contributed by atoms with Gasteiger partial charge in [-0.2, -0.15) is 0 Å². The van der Waals surface area contributed by atoms with Crippen molar-refractivity contribution >= 4 is 5.91 Å². The first-order valence-corrected chi connectivity index (χ1v) is 7.41. The molecule has 1 heterocycles. The van der Waals surface area contributed by atoms with Crippen molar-refractivity contribution in [3.8, 4) is 0 Å². The Bertz CT molecular complexity index is 489. The monoisotopic (exact) mass is 278 g/mol. The number of carbonyl (C=O) groups excluding carboxylic acids is 1. The van der Waals surface area contributed by atoms with Crippen LogP contribution in [0.1, 0.15) is 51.5 Å². The molecule has 1 amide bonds. The predicted molar refractivity (Wildman–Crippen MR) is 79.3 cm³/mol. The molecule has 0 radical (unpaired) electrons. The van der Waals surface area contributed by atoms with Gasteiger partial charge in [-0.1, -0.05) is 27.7 Å². The van der Waals surface area contributed by atoms with E-state index in [-0.39, 0.29) is 11.3 Å². The number of aromatic nitrogens is 1. The number of nitrogens with zero attached hydrogens (tertiary/aromatic N) is 1. The summed E-state index contributed by atoms with van der Waals surface area (Å²) in [5, 5.41) is 13.1. The van der Waals surface area contributed by atoms with Gasteiger partial charge in [0, 0.05) is 24.0 Å². The minimum Gasteiger partial charge on any atom is -0.388 e. The molecule has 0 fully saturated rings. The highest BCUT2D eigenvalue weighted by Gasteiger charge is 2.33. The summed E-state index contributed by atoms with van der Waals surface area (Å²) < 4.78 is 1.98. The van der Waals surface area contributed by atoms with Crippen LogP contribution in [0.25, 0.3) is 0 Å². The average Bonchev–Trinajstić information content (AvgIpc) is 2.68. The Morgan fingerprint density at radius 3 is 2.90 bits per heavy atom. The Hall–Kier alpha value is -1.29. The van der Waals surface area contributed by atoms with E-state index >= 15 is 0 Å². The summed E-state index contributed by atoms with van der Waals surface area (Å²) in [6.45, 7) is 9.53. The minimum absolute atomic E-state index is 0.0370. The lowest BCUT2D eigenvalue weighted by Gasteiger charge is -2.33. The number of hydrogen-bond acceptors (Lipinski definition) is 2. The molecule has 1 unspecified atom stereocenters. The number of amides is 1. The van der Waals surface area contributed by atoms with E-state index in [1.54, 1.807) is 0 Å². The van der Waals surface area contributed by atoms with E-state index in [1.807, 2.05) is 16.8 Å². The lowest BCUT2D eigenvalue weighted by atomic mass is 9.75. The Morgan fingerprint density at radius 2 is 2.25 bits per heavy atom. The molecule has 0 aromatic carbocycles. The summed E-state index contributed by atoms with van der Waals surface area (Å²) in [5.74, 6) is 0.494. The third kappa shape index (κ3) is 3.42. The number of nitrogens with one attached hydrogen (secondary N) is 1. The molecule has 1 aromatic rings. The van der Waals surface area contributed by atoms with E-state index in [0.717, 1.165) is 24.1 Å². The zero-order chi connectivity index (χ0) is 14.9. The van der Waals surface area contributed by atoms with Crippen molar-refractivity contribution in [2.75, 3.05) is 6.54 Å². The van der Waals surface area contributed by atoms with E-state index in [0.29, 0.717) is 19.0 Å². The molecule has 1 atom stereocenters. The van der Waals surface area contributed by atoms with Crippen molar-refractivity contribution in [1.82, 2.24) is 9.88 Å². The first-order valence-electron chi connectivity index (χ1n) is 7.41. The topological polar surface area (TPSA) is 54.3 Å². The van der Waals surface area contributed by atoms with Crippen LogP contribution in [0.3, 0.4) is 0 Å². The van der Waals surface area contributed by atoms with Crippen molar-refractivity contribution in [1.29, 1.82) is 0 Å².